The van der Waals surface area contributed by atoms with Gasteiger partial charge in [-0.2, -0.15) is 0 Å². The van der Waals surface area contributed by atoms with Crippen LogP contribution in [0.3, 0.4) is 0 Å². The number of amides is 1. The Morgan fingerprint density at radius 1 is 1.53 bits per heavy atom. The quantitative estimate of drug-likeness (QED) is 0.879. The number of carbonyl (C=O) groups is 1. The maximum Gasteiger partial charge on any atom is 0.223 e. The number of hydrogen-bond donors (Lipinski definition) is 2. The fraction of sp³-hybridized carbons (Fsp3) is 0.357. The van der Waals surface area contributed by atoms with E-state index in [1.807, 2.05) is 17.5 Å². The lowest BCUT2D eigenvalue weighted by atomic mass is 9.94. The van der Waals surface area contributed by atoms with Crippen LogP contribution in [0.4, 0.5) is 0 Å². The molecule has 0 aromatic carbocycles. The van der Waals surface area contributed by atoms with Gasteiger partial charge in [0.2, 0.25) is 5.91 Å². The first-order valence-electron chi connectivity index (χ1n) is 6.27. The first-order valence-corrected chi connectivity index (χ1v) is 7.15. The number of thiophene rings is 1. The molecule has 5 heteroatoms. The van der Waals surface area contributed by atoms with E-state index in [0.29, 0.717) is 5.56 Å². The molecule has 1 atom stereocenters. The summed E-state index contributed by atoms with van der Waals surface area (Å²) < 4.78 is 5.06. The fourth-order valence-corrected chi connectivity index (χ4v) is 2.90. The monoisotopic (exact) mass is 277 g/mol. The molecular weight excluding hydrogens is 262 g/mol. The van der Waals surface area contributed by atoms with Gasteiger partial charge in [-0.15, -0.1) is 11.3 Å². The van der Waals surface area contributed by atoms with Gasteiger partial charge in [0.25, 0.3) is 0 Å². The van der Waals surface area contributed by atoms with Crippen LogP contribution in [-0.4, -0.2) is 17.6 Å². The summed E-state index contributed by atoms with van der Waals surface area (Å²) in [5.41, 5.74) is -0.558. The summed E-state index contributed by atoms with van der Waals surface area (Å²) in [5, 5.41) is 15.7. The molecule has 0 spiro atoms. The highest BCUT2D eigenvalue weighted by atomic mass is 32.1. The van der Waals surface area contributed by atoms with Crippen LogP contribution in [0.1, 0.15) is 23.3 Å². The molecule has 1 unspecified atom stereocenters. The second-order valence-electron chi connectivity index (χ2n) is 4.84. The van der Waals surface area contributed by atoms with Gasteiger partial charge in [0.15, 0.2) is 0 Å². The van der Waals surface area contributed by atoms with Crippen LogP contribution >= 0.6 is 11.3 Å². The molecule has 0 saturated heterocycles. The minimum atomic E-state index is -1.22. The number of carbonyl (C=O) groups excluding carboxylic acids is 1. The fourth-order valence-electron chi connectivity index (χ4n) is 2.05. The molecule has 1 aliphatic carbocycles. The third-order valence-electron chi connectivity index (χ3n) is 3.39. The zero-order chi connectivity index (χ0) is 13.3. The Kier molecular flexibility index (Phi) is 3.16. The third-order valence-corrected chi connectivity index (χ3v) is 4.42. The highest BCUT2D eigenvalue weighted by Gasteiger charge is 2.36. The molecule has 2 aromatic rings. The zero-order valence-corrected chi connectivity index (χ0v) is 11.2. The third kappa shape index (κ3) is 2.43. The average molecular weight is 277 g/mol. The Morgan fingerprint density at radius 3 is 2.95 bits per heavy atom. The van der Waals surface area contributed by atoms with Crippen molar-refractivity contribution in [2.75, 3.05) is 6.54 Å². The van der Waals surface area contributed by atoms with Gasteiger partial charge >= 0.3 is 0 Å². The Balaban J connectivity index is 1.82. The Hall–Kier alpha value is -1.59. The van der Waals surface area contributed by atoms with Gasteiger partial charge in [0.1, 0.15) is 5.60 Å². The van der Waals surface area contributed by atoms with Crippen LogP contribution in [0, 0.1) is 5.92 Å². The second kappa shape index (κ2) is 4.83. The zero-order valence-electron chi connectivity index (χ0n) is 10.3. The average Bonchev–Trinajstić information content (AvgIpc) is 2.93. The van der Waals surface area contributed by atoms with Crippen LogP contribution in [0.5, 0.6) is 0 Å². The summed E-state index contributed by atoms with van der Waals surface area (Å²) in [6, 6.07) is 5.47. The maximum absolute atomic E-state index is 11.7. The summed E-state index contributed by atoms with van der Waals surface area (Å²) in [6.07, 6.45) is 4.95. The van der Waals surface area contributed by atoms with E-state index in [1.54, 1.807) is 6.07 Å². The molecule has 1 aliphatic rings. The smallest absolute Gasteiger partial charge is 0.223 e. The van der Waals surface area contributed by atoms with E-state index in [1.165, 1.54) is 23.9 Å². The van der Waals surface area contributed by atoms with Crippen molar-refractivity contribution in [3.8, 4) is 0 Å². The lowest BCUT2D eigenvalue weighted by Gasteiger charge is -2.26. The van der Waals surface area contributed by atoms with Crippen LogP contribution in [-0.2, 0) is 10.4 Å². The SMILES string of the molecule is O=C(NCC(O)(c1ccoc1)c1cccs1)C1CC1. The predicted octanol–water partition coefficient (Wildman–Crippen LogP) is 2.10. The topological polar surface area (TPSA) is 62.5 Å². The molecule has 0 radical (unpaired) electrons. The van der Waals surface area contributed by atoms with E-state index in [4.69, 9.17) is 4.42 Å². The molecule has 1 amide bonds. The Bertz CT molecular complexity index is 509. The summed E-state index contributed by atoms with van der Waals surface area (Å²) in [4.78, 5) is 12.5. The maximum atomic E-state index is 11.7. The van der Waals surface area contributed by atoms with Crippen molar-refractivity contribution >= 4 is 17.2 Å². The molecule has 4 nitrogen and oxygen atoms in total. The molecule has 2 aromatic heterocycles. The van der Waals surface area contributed by atoms with E-state index < -0.39 is 5.60 Å². The standard InChI is InChI=1S/C14H15NO3S/c16-13(10-3-4-10)15-9-14(17,11-5-6-18-8-11)12-2-1-7-19-12/h1-2,5-8,10,17H,3-4,9H2,(H,15,16). The van der Waals surface area contributed by atoms with Crippen molar-refractivity contribution in [1.82, 2.24) is 5.32 Å². The Morgan fingerprint density at radius 2 is 2.37 bits per heavy atom. The van der Waals surface area contributed by atoms with Crippen LogP contribution in [0.2, 0.25) is 0 Å². The number of furan rings is 1. The van der Waals surface area contributed by atoms with Gasteiger partial charge < -0.3 is 14.8 Å². The molecule has 2 N–H and O–H groups in total. The van der Waals surface area contributed by atoms with E-state index >= 15 is 0 Å². The van der Waals surface area contributed by atoms with Crippen LogP contribution < -0.4 is 5.32 Å². The first-order chi connectivity index (χ1) is 9.20. The number of aliphatic hydroxyl groups is 1. The summed E-state index contributed by atoms with van der Waals surface area (Å²) >= 11 is 1.46. The molecule has 19 heavy (non-hydrogen) atoms. The van der Waals surface area contributed by atoms with Crippen molar-refractivity contribution in [3.05, 3.63) is 46.5 Å². The number of rotatable bonds is 5. The van der Waals surface area contributed by atoms with Crippen molar-refractivity contribution < 1.29 is 14.3 Å². The Labute approximate surface area is 115 Å². The van der Waals surface area contributed by atoms with Gasteiger partial charge in [0.05, 0.1) is 19.1 Å². The summed E-state index contributed by atoms with van der Waals surface area (Å²) in [7, 11) is 0. The molecule has 100 valence electrons. The lowest BCUT2D eigenvalue weighted by Crippen LogP contribution is -2.41. The highest BCUT2D eigenvalue weighted by Crippen LogP contribution is 2.33. The summed E-state index contributed by atoms with van der Waals surface area (Å²) in [5.74, 6) is 0.162. The second-order valence-corrected chi connectivity index (χ2v) is 5.79. The molecular formula is C14H15NO3S. The molecule has 3 rings (SSSR count). The van der Waals surface area contributed by atoms with E-state index in [-0.39, 0.29) is 18.4 Å². The van der Waals surface area contributed by atoms with E-state index in [2.05, 4.69) is 5.32 Å². The molecule has 0 aliphatic heterocycles. The number of hydrogen-bond acceptors (Lipinski definition) is 4. The largest absolute Gasteiger partial charge is 0.472 e. The molecule has 0 bridgehead atoms. The van der Waals surface area contributed by atoms with Crippen molar-refractivity contribution in [3.63, 3.8) is 0 Å². The normalized spacial score (nSPS) is 17.9. The predicted molar refractivity (Wildman–Crippen MR) is 71.8 cm³/mol. The van der Waals surface area contributed by atoms with Gasteiger partial charge in [-0.1, -0.05) is 6.07 Å². The van der Waals surface area contributed by atoms with Gasteiger partial charge in [-0.05, 0) is 30.4 Å². The van der Waals surface area contributed by atoms with Crippen molar-refractivity contribution in [2.24, 2.45) is 5.92 Å². The van der Waals surface area contributed by atoms with Crippen LogP contribution in [0.15, 0.2) is 40.5 Å². The van der Waals surface area contributed by atoms with Crippen LogP contribution in [0.25, 0.3) is 0 Å². The van der Waals surface area contributed by atoms with Crippen molar-refractivity contribution in [1.29, 1.82) is 0 Å². The molecule has 2 heterocycles. The summed E-state index contributed by atoms with van der Waals surface area (Å²) in [6.45, 7) is 0.169. The minimum Gasteiger partial charge on any atom is -0.472 e. The highest BCUT2D eigenvalue weighted by molar-refractivity contribution is 7.10. The van der Waals surface area contributed by atoms with E-state index in [9.17, 15) is 9.90 Å². The van der Waals surface area contributed by atoms with E-state index in [0.717, 1.165) is 17.7 Å². The molecule has 1 saturated carbocycles. The number of nitrogens with one attached hydrogen (secondary N) is 1. The van der Waals surface area contributed by atoms with Gasteiger partial charge in [-0.3, -0.25) is 4.79 Å². The van der Waals surface area contributed by atoms with Gasteiger partial charge in [0, 0.05) is 16.4 Å². The van der Waals surface area contributed by atoms with Gasteiger partial charge in [-0.25, -0.2) is 0 Å². The lowest BCUT2D eigenvalue weighted by molar-refractivity contribution is -0.123. The van der Waals surface area contributed by atoms with Crippen molar-refractivity contribution in [2.45, 2.75) is 18.4 Å². The molecule has 1 fully saturated rings. The minimum absolute atomic E-state index is 0.0264. The first kappa shape index (κ1) is 12.4.